The van der Waals surface area contributed by atoms with E-state index in [0.717, 1.165) is 11.3 Å². The lowest BCUT2D eigenvalue weighted by atomic mass is 10.3. The number of sulfonamides is 1. The molecular weight excluding hydrogens is 481 g/mol. The van der Waals surface area contributed by atoms with Gasteiger partial charge in [-0.05, 0) is 40.2 Å². The van der Waals surface area contributed by atoms with Crippen molar-refractivity contribution in [3.8, 4) is 0 Å². The fourth-order valence-electron chi connectivity index (χ4n) is 2.26. The SMILES string of the molecule is O=S(=O)(c1c(Cl)sc(Cl)c1Br)N(Cc1ccccn1)Cc1ccccn1. The highest BCUT2D eigenvalue weighted by Crippen LogP contribution is 2.44. The molecule has 0 spiro atoms. The van der Waals surface area contributed by atoms with Crippen LogP contribution >= 0.6 is 50.5 Å². The number of nitrogens with zero attached hydrogens (tertiary/aromatic N) is 3. The van der Waals surface area contributed by atoms with Crippen molar-refractivity contribution in [2.45, 2.75) is 18.0 Å². The molecule has 3 rings (SSSR count). The van der Waals surface area contributed by atoms with Crippen molar-refractivity contribution in [1.82, 2.24) is 14.3 Å². The van der Waals surface area contributed by atoms with E-state index in [-0.39, 0.29) is 31.1 Å². The molecule has 0 saturated carbocycles. The minimum absolute atomic E-state index is 0.0407. The molecule has 26 heavy (non-hydrogen) atoms. The van der Waals surface area contributed by atoms with Crippen LogP contribution in [0.1, 0.15) is 11.4 Å². The summed E-state index contributed by atoms with van der Waals surface area (Å²) in [5, 5.41) is 0. The Kier molecular flexibility index (Phi) is 6.32. The van der Waals surface area contributed by atoms with Crippen molar-refractivity contribution in [3.63, 3.8) is 0 Å². The molecule has 0 atom stereocenters. The van der Waals surface area contributed by atoms with Crippen LogP contribution in [-0.4, -0.2) is 22.7 Å². The fourth-order valence-corrected chi connectivity index (χ4v) is 7.12. The summed E-state index contributed by atoms with van der Waals surface area (Å²) in [7, 11) is -3.94. The lowest BCUT2D eigenvalue weighted by Crippen LogP contribution is -2.31. The Labute approximate surface area is 173 Å². The fraction of sp³-hybridized carbons (Fsp3) is 0.125. The molecule has 3 aromatic heterocycles. The quantitative estimate of drug-likeness (QED) is 0.485. The van der Waals surface area contributed by atoms with E-state index >= 15 is 0 Å². The van der Waals surface area contributed by atoms with Crippen LogP contribution in [0.2, 0.25) is 8.67 Å². The number of hydrogen-bond acceptors (Lipinski definition) is 5. The highest BCUT2D eigenvalue weighted by atomic mass is 79.9. The van der Waals surface area contributed by atoms with Crippen molar-refractivity contribution >= 4 is 60.5 Å². The molecule has 0 aliphatic heterocycles. The molecule has 3 aromatic rings. The Bertz CT molecular complexity index is 958. The molecule has 0 amide bonds. The van der Waals surface area contributed by atoms with Gasteiger partial charge in [0.2, 0.25) is 10.0 Å². The standard InChI is InChI=1S/C16H12BrCl2N3O2S2/c17-13-14(16(19)25-15(13)18)26(23,24)22(9-11-5-1-3-7-20-11)10-12-6-2-4-8-21-12/h1-8H,9-10H2. The monoisotopic (exact) mass is 491 g/mol. The van der Waals surface area contributed by atoms with E-state index in [0.29, 0.717) is 11.4 Å². The van der Waals surface area contributed by atoms with Gasteiger partial charge in [-0.25, -0.2) is 8.42 Å². The van der Waals surface area contributed by atoms with E-state index in [9.17, 15) is 8.42 Å². The zero-order valence-electron chi connectivity index (χ0n) is 13.1. The van der Waals surface area contributed by atoms with Gasteiger partial charge in [-0.15, -0.1) is 11.3 Å². The summed E-state index contributed by atoms with van der Waals surface area (Å²) < 4.78 is 28.5. The van der Waals surface area contributed by atoms with Gasteiger partial charge in [-0.2, -0.15) is 4.31 Å². The van der Waals surface area contributed by atoms with Crippen molar-refractivity contribution < 1.29 is 8.42 Å². The second kappa shape index (κ2) is 8.33. The summed E-state index contributed by atoms with van der Waals surface area (Å²) in [5.74, 6) is 0. The third-order valence-electron chi connectivity index (χ3n) is 3.46. The van der Waals surface area contributed by atoms with Crippen LogP contribution in [0.4, 0.5) is 0 Å². The van der Waals surface area contributed by atoms with E-state index in [4.69, 9.17) is 23.2 Å². The van der Waals surface area contributed by atoms with Crippen molar-refractivity contribution in [2.75, 3.05) is 0 Å². The molecule has 0 radical (unpaired) electrons. The minimum atomic E-state index is -3.94. The van der Waals surface area contributed by atoms with Crippen LogP contribution < -0.4 is 0 Å². The summed E-state index contributed by atoms with van der Waals surface area (Å²) in [4.78, 5) is 8.40. The molecule has 0 saturated heterocycles. The molecule has 0 fully saturated rings. The Morgan fingerprint density at radius 2 is 1.50 bits per heavy atom. The first-order valence-electron chi connectivity index (χ1n) is 7.33. The first-order chi connectivity index (χ1) is 12.4. The largest absolute Gasteiger partial charge is 0.260 e. The maximum Gasteiger partial charge on any atom is 0.247 e. The number of thiophene rings is 1. The molecule has 0 aliphatic rings. The van der Waals surface area contributed by atoms with Gasteiger partial charge in [0, 0.05) is 12.4 Å². The Morgan fingerprint density at radius 3 is 1.88 bits per heavy atom. The zero-order valence-corrected chi connectivity index (χ0v) is 17.9. The lowest BCUT2D eigenvalue weighted by molar-refractivity contribution is 0.392. The molecule has 10 heteroatoms. The van der Waals surface area contributed by atoms with Gasteiger partial charge in [-0.3, -0.25) is 9.97 Å². The number of halogens is 3. The van der Waals surface area contributed by atoms with E-state index in [1.807, 2.05) is 0 Å². The molecule has 136 valence electrons. The number of rotatable bonds is 6. The van der Waals surface area contributed by atoms with E-state index in [1.54, 1.807) is 48.8 Å². The molecule has 0 N–H and O–H groups in total. The first kappa shape index (κ1) is 19.7. The van der Waals surface area contributed by atoms with Crippen molar-refractivity contribution in [3.05, 3.63) is 73.3 Å². The molecule has 0 unspecified atom stereocenters. The summed E-state index contributed by atoms with van der Waals surface area (Å²) in [6.07, 6.45) is 3.23. The number of pyridine rings is 2. The van der Waals surface area contributed by atoms with Gasteiger partial charge in [-0.1, -0.05) is 35.3 Å². The first-order valence-corrected chi connectivity index (χ1v) is 11.1. The summed E-state index contributed by atoms with van der Waals surface area (Å²) in [6.45, 7) is 0.159. The topological polar surface area (TPSA) is 63.2 Å². The third-order valence-corrected chi connectivity index (χ3v) is 8.71. The van der Waals surface area contributed by atoms with Crippen LogP contribution in [0.25, 0.3) is 0 Å². The van der Waals surface area contributed by atoms with Crippen LogP contribution in [-0.2, 0) is 23.1 Å². The average molecular weight is 493 g/mol. The Balaban J connectivity index is 2.03. The summed E-state index contributed by atoms with van der Waals surface area (Å²) >= 11 is 16.4. The second-order valence-corrected chi connectivity index (χ2v) is 10.1. The number of hydrogen-bond donors (Lipinski definition) is 0. The minimum Gasteiger partial charge on any atom is -0.260 e. The predicted molar refractivity (Wildman–Crippen MR) is 107 cm³/mol. The van der Waals surface area contributed by atoms with Crippen LogP contribution in [0, 0.1) is 0 Å². The third kappa shape index (κ3) is 4.27. The van der Waals surface area contributed by atoms with Crippen LogP contribution in [0.3, 0.4) is 0 Å². The average Bonchev–Trinajstić information content (AvgIpc) is 2.88. The normalized spacial score (nSPS) is 11.8. The number of aromatic nitrogens is 2. The maximum absolute atomic E-state index is 13.3. The predicted octanol–water partition coefficient (Wildman–Crippen LogP) is 5.00. The van der Waals surface area contributed by atoms with Gasteiger partial charge in [0.1, 0.15) is 13.6 Å². The molecule has 3 heterocycles. The summed E-state index contributed by atoms with van der Waals surface area (Å²) in [5.41, 5.74) is 1.22. The lowest BCUT2D eigenvalue weighted by Gasteiger charge is -2.21. The second-order valence-electron chi connectivity index (χ2n) is 5.21. The van der Waals surface area contributed by atoms with Crippen molar-refractivity contribution in [2.24, 2.45) is 0 Å². The molecule has 5 nitrogen and oxygen atoms in total. The summed E-state index contributed by atoms with van der Waals surface area (Å²) in [6, 6.07) is 10.7. The highest BCUT2D eigenvalue weighted by molar-refractivity contribution is 9.10. The van der Waals surface area contributed by atoms with Gasteiger partial charge in [0.25, 0.3) is 0 Å². The zero-order chi connectivity index (χ0) is 18.7. The Morgan fingerprint density at radius 1 is 0.962 bits per heavy atom. The van der Waals surface area contributed by atoms with Gasteiger partial charge in [0.05, 0.1) is 29.0 Å². The molecule has 0 aliphatic carbocycles. The van der Waals surface area contributed by atoms with E-state index in [2.05, 4.69) is 25.9 Å². The van der Waals surface area contributed by atoms with Crippen LogP contribution in [0.5, 0.6) is 0 Å². The highest BCUT2D eigenvalue weighted by Gasteiger charge is 2.32. The van der Waals surface area contributed by atoms with E-state index in [1.165, 1.54) is 4.31 Å². The molecular formula is C16H12BrCl2N3O2S2. The van der Waals surface area contributed by atoms with Gasteiger partial charge >= 0.3 is 0 Å². The maximum atomic E-state index is 13.3. The van der Waals surface area contributed by atoms with Crippen LogP contribution in [0.15, 0.2) is 58.2 Å². The Hall–Kier alpha value is -1.03. The molecule has 0 bridgehead atoms. The van der Waals surface area contributed by atoms with E-state index < -0.39 is 10.0 Å². The smallest absolute Gasteiger partial charge is 0.247 e. The van der Waals surface area contributed by atoms with Gasteiger partial charge in [0.15, 0.2) is 0 Å². The van der Waals surface area contributed by atoms with Gasteiger partial charge < -0.3 is 0 Å². The molecule has 0 aromatic carbocycles. The van der Waals surface area contributed by atoms with Crippen molar-refractivity contribution in [1.29, 1.82) is 0 Å².